The maximum absolute atomic E-state index is 5.69. The summed E-state index contributed by atoms with van der Waals surface area (Å²) in [6.45, 7) is 6.76. The standard InChI is InChI=1S/C14H28N2O/c1-3-9-16(10-4-1)11-13-17-12-5-2-8-15-14-6-7-14/h14-15H,1-13H2. The molecule has 0 aromatic heterocycles. The Labute approximate surface area is 106 Å². The van der Waals surface area contributed by atoms with Crippen molar-refractivity contribution in [3.05, 3.63) is 0 Å². The van der Waals surface area contributed by atoms with E-state index < -0.39 is 0 Å². The molecule has 2 fully saturated rings. The summed E-state index contributed by atoms with van der Waals surface area (Å²) < 4.78 is 5.69. The molecule has 0 aromatic rings. The average Bonchev–Trinajstić information content (AvgIpc) is 3.18. The number of nitrogens with zero attached hydrogens (tertiary/aromatic N) is 1. The van der Waals surface area contributed by atoms with E-state index in [-0.39, 0.29) is 0 Å². The Morgan fingerprint density at radius 3 is 2.59 bits per heavy atom. The quantitative estimate of drug-likeness (QED) is 0.624. The minimum absolute atomic E-state index is 0.856. The Hall–Kier alpha value is -0.120. The molecule has 1 heterocycles. The summed E-state index contributed by atoms with van der Waals surface area (Å²) in [6, 6.07) is 0.856. The van der Waals surface area contributed by atoms with E-state index in [0.29, 0.717) is 0 Å². The minimum atomic E-state index is 0.856. The fraction of sp³-hybridized carbons (Fsp3) is 1.00. The van der Waals surface area contributed by atoms with Crippen molar-refractivity contribution in [2.45, 2.75) is 51.0 Å². The summed E-state index contributed by atoms with van der Waals surface area (Å²) in [5.41, 5.74) is 0. The molecule has 100 valence electrons. The van der Waals surface area contributed by atoms with Gasteiger partial charge in [0.2, 0.25) is 0 Å². The molecule has 3 nitrogen and oxygen atoms in total. The van der Waals surface area contributed by atoms with Crippen LogP contribution in [0.4, 0.5) is 0 Å². The molecule has 0 unspecified atom stereocenters. The Morgan fingerprint density at radius 2 is 1.82 bits per heavy atom. The van der Waals surface area contributed by atoms with Crippen LogP contribution in [0.25, 0.3) is 0 Å². The largest absolute Gasteiger partial charge is 0.380 e. The van der Waals surface area contributed by atoms with Crippen molar-refractivity contribution in [3.63, 3.8) is 0 Å². The molecule has 0 atom stereocenters. The van der Waals surface area contributed by atoms with E-state index in [1.54, 1.807) is 0 Å². The van der Waals surface area contributed by atoms with Gasteiger partial charge in [0.1, 0.15) is 0 Å². The third-order valence-electron chi connectivity index (χ3n) is 3.73. The normalized spacial score (nSPS) is 21.9. The molecule has 2 aliphatic rings. The highest BCUT2D eigenvalue weighted by molar-refractivity contribution is 4.80. The first-order valence-corrected chi connectivity index (χ1v) is 7.48. The Bertz CT molecular complexity index is 189. The zero-order chi connectivity index (χ0) is 11.8. The van der Waals surface area contributed by atoms with Crippen LogP contribution in [0.1, 0.15) is 44.9 Å². The lowest BCUT2D eigenvalue weighted by Crippen LogP contribution is -2.32. The highest BCUT2D eigenvalue weighted by Crippen LogP contribution is 2.18. The lowest BCUT2D eigenvalue weighted by molar-refractivity contribution is 0.0941. The zero-order valence-electron chi connectivity index (χ0n) is 11.1. The van der Waals surface area contributed by atoms with Crippen molar-refractivity contribution in [3.8, 4) is 0 Å². The van der Waals surface area contributed by atoms with E-state index >= 15 is 0 Å². The number of ether oxygens (including phenoxy) is 1. The third kappa shape index (κ3) is 6.39. The van der Waals surface area contributed by atoms with Crippen LogP contribution < -0.4 is 5.32 Å². The van der Waals surface area contributed by atoms with Crippen LogP contribution in [0.3, 0.4) is 0 Å². The van der Waals surface area contributed by atoms with Gasteiger partial charge in [0.15, 0.2) is 0 Å². The Balaban J connectivity index is 1.31. The maximum Gasteiger partial charge on any atom is 0.0593 e. The van der Waals surface area contributed by atoms with Crippen LogP contribution in [0.2, 0.25) is 0 Å². The van der Waals surface area contributed by atoms with Gasteiger partial charge in [0.25, 0.3) is 0 Å². The highest BCUT2D eigenvalue weighted by atomic mass is 16.5. The van der Waals surface area contributed by atoms with Gasteiger partial charge < -0.3 is 15.0 Å². The Kier molecular flexibility index (Phi) is 6.32. The van der Waals surface area contributed by atoms with Crippen molar-refractivity contribution in [2.24, 2.45) is 0 Å². The van der Waals surface area contributed by atoms with Crippen LogP contribution in [0.15, 0.2) is 0 Å². The third-order valence-corrected chi connectivity index (χ3v) is 3.73. The van der Waals surface area contributed by atoms with Crippen LogP contribution >= 0.6 is 0 Å². The van der Waals surface area contributed by atoms with E-state index in [4.69, 9.17) is 4.74 Å². The summed E-state index contributed by atoms with van der Waals surface area (Å²) >= 11 is 0. The van der Waals surface area contributed by atoms with Crippen LogP contribution in [0, 0.1) is 0 Å². The monoisotopic (exact) mass is 240 g/mol. The molecule has 1 aliphatic carbocycles. The van der Waals surface area contributed by atoms with Crippen LogP contribution in [-0.2, 0) is 4.74 Å². The molecule has 17 heavy (non-hydrogen) atoms. The van der Waals surface area contributed by atoms with E-state index in [0.717, 1.165) is 25.8 Å². The first-order valence-electron chi connectivity index (χ1n) is 7.48. The van der Waals surface area contributed by atoms with Crippen LogP contribution in [-0.4, -0.2) is 50.3 Å². The van der Waals surface area contributed by atoms with E-state index in [9.17, 15) is 0 Å². The number of unbranched alkanes of at least 4 members (excludes halogenated alkanes) is 1. The number of piperidine rings is 1. The molecular formula is C14H28N2O. The number of likely N-dealkylation sites (tertiary alicyclic amines) is 1. The van der Waals surface area contributed by atoms with Crippen LogP contribution in [0.5, 0.6) is 0 Å². The molecule has 1 aliphatic heterocycles. The number of nitrogens with one attached hydrogen (secondary N) is 1. The first kappa shape index (κ1) is 13.3. The Morgan fingerprint density at radius 1 is 1.00 bits per heavy atom. The molecule has 0 amide bonds. The first-order chi connectivity index (χ1) is 8.45. The molecular weight excluding hydrogens is 212 g/mol. The van der Waals surface area contributed by atoms with Gasteiger partial charge in [0, 0.05) is 19.2 Å². The molecule has 1 saturated carbocycles. The summed E-state index contributed by atoms with van der Waals surface area (Å²) in [5, 5.41) is 3.54. The maximum atomic E-state index is 5.69. The SMILES string of the molecule is C1CCN(CCOCCCCNC2CC2)CC1. The van der Waals surface area contributed by atoms with E-state index in [1.807, 2.05) is 0 Å². The predicted molar refractivity (Wildman–Crippen MR) is 71.4 cm³/mol. The molecule has 0 bridgehead atoms. The van der Waals surface area contributed by atoms with Gasteiger partial charge in [-0.05, 0) is 58.2 Å². The lowest BCUT2D eigenvalue weighted by Gasteiger charge is -2.26. The lowest BCUT2D eigenvalue weighted by atomic mass is 10.1. The zero-order valence-corrected chi connectivity index (χ0v) is 11.1. The summed E-state index contributed by atoms with van der Waals surface area (Å²) in [5.74, 6) is 0. The van der Waals surface area contributed by atoms with Gasteiger partial charge in [0.05, 0.1) is 6.61 Å². The number of hydrogen-bond donors (Lipinski definition) is 1. The van der Waals surface area contributed by atoms with Crippen molar-refractivity contribution in [2.75, 3.05) is 39.4 Å². The minimum Gasteiger partial charge on any atom is -0.380 e. The second-order valence-electron chi connectivity index (χ2n) is 5.45. The van der Waals surface area contributed by atoms with Crippen molar-refractivity contribution < 1.29 is 4.74 Å². The van der Waals surface area contributed by atoms with Crippen molar-refractivity contribution >= 4 is 0 Å². The predicted octanol–water partition coefficient (Wildman–Crippen LogP) is 2.02. The summed E-state index contributed by atoms with van der Waals surface area (Å²) in [4.78, 5) is 2.54. The molecule has 0 aromatic carbocycles. The topological polar surface area (TPSA) is 24.5 Å². The fourth-order valence-electron chi connectivity index (χ4n) is 2.40. The number of hydrogen-bond acceptors (Lipinski definition) is 3. The molecule has 1 saturated heterocycles. The van der Waals surface area contributed by atoms with Crippen molar-refractivity contribution in [1.29, 1.82) is 0 Å². The van der Waals surface area contributed by atoms with E-state index in [1.165, 1.54) is 64.6 Å². The fourth-order valence-corrected chi connectivity index (χ4v) is 2.40. The second kappa shape index (κ2) is 8.06. The van der Waals surface area contributed by atoms with Gasteiger partial charge in [-0.15, -0.1) is 0 Å². The molecule has 0 spiro atoms. The average molecular weight is 240 g/mol. The smallest absolute Gasteiger partial charge is 0.0593 e. The van der Waals surface area contributed by atoms with Gasteiger partial charge in [-0.2, -0.15) is 0 Å². The molecule has 3 heteroatoms. The van der Waals surface area contributed by atoms with E-state index in [2.05, 4.69) is 10.2 Å². The van der Waals surface area contributed by atoms with Gasteiger partial charge in [-0.25, -0.2) is 0 Å². The van der Waals surface area contributed by atoms with Crippen molar-refractivity contribution in [1.82, 2.24) is 10.2 Å². The highest BCUT2D eigenvalue weighted by Gasteiger charge is 2.19. The summed E-state index contributed by atoms with van der Waals surface area (Å²) in [7, 11) is 0. The second-order valence-corrected chi connectivity index (χ2v) is 5.45. The van der Waals surface area contributed by atoms with Gasteiger partial charge in [-0.1, -0.05) is 6.42 Å². The van der Waals surface area contributed by atoms with Gasteiger partial charge >= 0.3 is 0 Å². The van der Waals surface area contributed by atoms with Gasteiger partial charge in [-0.3, -0.25) is 0 Å². The summed E-state index contributed by atoms with van der Waals surface area (Å²) in [6.07, 6.45) is 9.45. The molecule has 2 rings (SSSR count). The number of rotatable bonds is 9. The molecule has 0 radical (unpaired) electrons. The molecule has 1 N–H and O–H groups in total.